The van der Waals surface area contributed by atoms with E-state index in [1.165, 1.54) is 0 Å². The highest BCUT2D eigenvalue weighted by Gasteiger charge is 2.05. The molecule has 1 aromatic carbocycles. The first-order valence-electron chi connectivity index (χ1n) is 5.91. The number of amides is 1. The summed E-state index contributed by atoms with van der Waals surface area (Å²) >= 11 is 3.43. The summed E-state index contributed by atoms with van der Waals surface area (Å²) in [6.45, 7) is 1.32. The van der Waals surface area contributed by atoms with Gasteiger partial charge in [-0.1, -0.05) is 15.9 Å². The van der Waals surface area contributed by atoms with E-state index in [0.29, 0.717) is 19.5 Å². The Labute approximate surface area is 116 Å². The number of benzene rings is 1. The van der Waals surface area contributed by atoms with Crippen LogP contribution in [0.25, 0.3) is 0 Å². The van der Waals surface area contributed by atoms with Gasteiger partial charge in [0, 0.05) is 24.0 Å². The molecule has 2 N–H and O–H groups in total. The van der Waals surface area contributed by atoms with Gasteiger partial charge in [0.15, 0.2) is 0 Å². The van der Waals surface area contributed by atoms with Crippen molar-refractivity contribution >= 4 is 21.8 Å². The summed E-state index contributed by atoms with van der Waals surface area (Å²) in [6.07, 6.45) is 1.26. The molecule has 0 saturated heterocycles. The first-order chi connectivity index (χ1) is 8.67. The number of carbonyl (C=O) groups excluding carboxylic acids is 1. The zero-order valence-electron chi connectivity index (χ0n) is 10.8. The van der Waals surface area contributed by atoms with E-state index in [0.717, 1.165) is 22.2 Å². The Morgan fingerprint density at radius 1 is 1.39 bits per heavy atom. The summed E-state index contributed by atoms with van der Waals surface area (Å²) in [5, 5.41) is 5.83. The van der Waals surface area contributed by atoms with E-state index < -0.39 is 0 Å². The summed E-state index contributed by atoms with van der Waals surface area (Å²) in [4.78, 5) is 11.4. The van der Waals surface area contributed by atoms with E-state index in [1.807, 2.05) is 25.2 Å². The zero-order valence-corrected chi connectivity index (χ0v) is 12.3. The van der Waals surface area contributed by atoms with E-state index in [4.69, 9.17) is 4.74 Å². The highest BCUT2D eigenvalue weighted by molar-refractivity contribution is 9.10. The maximum Gasteiger partial charge on any atom is 0.221 e. The number of carbonyl (C=O) groups is 1. The predicted octanol–water partition coefficient (Wildman–Crippen LogP) is 1.73. The topological polar surface area (TPSA) is 50.4 Å². The van der Waals surface area contributed by atoms with Crippen molar-refractivity contribution in [2.24, 2.45) is 0 Å². The maximum absolute atomic E-state index is 11.4. The van der Waals surface area contributed by atoms with Crippen LogP contribution >= 0.6 is 15.9 Å². The van der Waals surface area contributed by atoms with Gasteiger partial charge >= 0.3 is 0 Å². The summed E-state index contributed by atoms with van der Waals surface area (Å²) in [6, 6.07) is 5.87. The van der Waals surface area contributed by atoms with Crippen molar-refractivity contribution in [2.75, 3.05) is 27.2 Å². The van der Waals surface area contributed by atoms with Crippen molar-refractivity contribution in [1.29, 1.82) is 0 Å². The molecule has 0 heterocycles. The Morgan fingerprint density at radius 3 is 2.83 bits per heavy atom. The molecule has 0 aromatic heterocycles. The van der Waals surface area contributed by atoms with Crippen LogP contribution in [0.4, 0.5) is 0 Å². The molecule has 0 aliphatic heterocycles. The fourth-order valence-electron chi connectivity index (χ4n) is 1.61. The van der Waals surface area contributed by atoms with Gasteiger partial charge in [0.1, 0.15) is 5.75 Å². The van der Waals surface area contributed by atoms with Gasteiger partial charge in [-0.15, -0.1) is 0 Å². The van der Waals surface area contributed by atoms with Crippen molar-refractivity contribution in [3.8, 4) is 5.75 Å². The van der Waals surface area contributed by atoms with E-state index in [1.54, 1.807) is 7.11 Å². The highest BCUT2D eigenvalue weighted by atomic mass is 79.9. The van der Waals surface area contributed by atoms with Gasteiger partial charge in [-0.3, -0.25) is 4.79 Å². The number of rotatable bonds is 7. The Hall–Kier alpha value is -1.07. The number of ether oxygens (including phenoxy) is 1. The molecule has 1 rings (SSSR count). The van der Waals surface area contributed by atoms with Crippen LogP contribution in [-0.2, 0) is 11.2 Å². The number of hydrogen-bond acceptors (Lipinski definition) is 3. The normalized spacial score (nSPS) is 10.2. The lowest BCUT2D eigenvalue weighted by molar-refractivity contribution is -0.120. The summed E-state index contributed by atoms with van der Waals surface area (Å²) in [7, 11) is 3.48. The number of hydrogen-bond donors (Lipinski definition) is 2. The molecular formula is C13H19BrN2O2. The van der Waals surface area contributed by atoms with Crippen LogP contribution in [0.15, 0.2) is 22.7 Å². The summed E-state index contributed by atoms with van der Waals surface area (Å²) < 4.78 is 6.29. The van der Waals surface area contributed by atoms with Gasteiger partial charge in [-0.2, -0.15) is 0 Å². The molecule has 0 fully saturated rings. The van der Waals surface area contributed by atoms with Gasteiger partial charge in [0.25, 0.3) is 0 Å². The molecule has 0 spiro atoms. The minimum absolute atomic E-state index is 0.0679. The van der Waals surface area contributed by atoms with Crippen LogP contribution < -0.4 is 15.4 Å². The number of nitrogens with one attached hydrogen (secondary N) is 2. The second-order valence-electron chi connectivity index (χ2n) is 3.91. The van der Waals surface area contributed by atoms with Crippen molar-refractivity contribution in [2.45, 2.75) is 12.8 Å². The standard InChI is InChI=1S/C13H19BrN2O2/c1-15-7-6-13(17)16-8-5-10-9-11(14)3-4-12(10)18-2/h3-4,9,15H,5-8H2,1-2H3,(H,16,17). The molecule has 1 amide bonds. The summed E-state index contributed by atoms with van der Waals surface area (Å²) in [5.74, 6) is 0.918. The fraction of sp³-hybridized carbons (Fsp3) is 0.462. The van der Waals surface area contributed by atoms with Crippen molar-refractivity contribution in [1.82, 2.24) is 10.6 Å². The third-order valence-electron chi connectivity index (χ3n) is 2.56. The minimum atomic E-state index is 0.0679. The molecule has 0 saturated carbocycles. The van der Waals surface area contributed by atoms with Crippen LogP contribution in [0.1, 0.15) is 12.0 Å². The molecule has 0 unspecified atom stereocenters. The van der Waals surface area contributed by atoms with Gasteiger partial charge in [0.2, 0.25) is 5.91 Å². The van der Waals surface area contributed by atoms with Crippen LogP contribution in [0, 0.1) is 0 Å². The average molecular weight is 315 g/mol. The Kier molecular flexibility index (Phi) is 6.75. The van der Waals surface area contributed by atoms with E-state index in [2.05, 4.69) is 26.6 Å². The SMILES string of the molecule is CNCCC(=O)NCCc1cc(Br)ccc1OC. The van der Waals surface area contributed by atoms with Gasteiger partial charge in [0.05, 0.1) is 7.11 Å². The molecule has 0 aliphatic rings. The lowest BCUT2D eigenvalue weighted by Gasteiger charge is -2.10. The lowest BCUT2D eigenvalue weighted by Crippen LogP contribution is -2.28. The van der Waals surface area contributed by atoms with Crippen LogP contribution in [0.5, 0.6) is 5.75 Å². The maximum atomic E-state index is 11.4. The van der Waals surface area contributed by atoms with Crippen molar-refractivity contribution in [3.63, 3.8) is 0 Å². The molecule has 100 valence electrons. The molecule has 0 bridgehead atoms. The van der Waals surface area contributed by atoms with E-state index >= 15 is 0 Å². The molecule has 1 aromatic rings. The second-order valence-corrected chi connectivity index (χ2v) is 4.83. The monoisotopic (exact) mass is 314 g/mol. The van der Waals surface area contributed by atoms with Crippen LogP contribution in [-0.4, -0.2) is 33.2 Å². The largest absolute Gasteiger partial charge is 0.496 e. The first-order valence-corrected chi connectivity index (χ1v) is 6.70. The first kappa shape index (κ1) is 15.0. The summed E-state index contributed by atoms with van der Waals surface area (Å²) in [5.41, 5.74) is 1.08. The Balaban J connectivity index is 2.43. The lowest BCUT2D eigenvalue weighted by atomic mass is 10.1. The second kappa shape index (κ2) is 8.11. The molecule has 0 radical (unpaired) electrons. The Morgan fingerprint density at radius 2 is 2.17 bits per heavy atom. The van der Waals surface area contributed by atoms with Gasteiger partial charge in [-0.25, -0.2) is 0 Å². The predicted molar refractivity (Wildman–Crippen MR) is 76.0 cm³/mol. The van der Waals surface area contributed by atoms with Crippen molar-refractivity contribution in [3.05, 3.63) is 28.2 Å². The molecular weight excluding hydrogens is 296 g/mol. The quantitative estimate of drug-likeness (QED) is 0.806. The molecule has 18 heavy (non-hydrogen) atoms. The van der Waals surface area contributed by atoms with E-state index in [-0.39, 0.29) is 5.91 Å². The van der Waals surface area contributed by atoms with Crippen molar-refractivity contribution < 1.29 is 9.53 Å². The fourth-order valence-corrected chi connectivity index (χ4v) is 2.01. The zero-order chi connectivity index (χ0) is 13.4. The van der Waals surface area contributed by atoms with E-state index in [9.17, 15) is 4.79 Å². The minimum Gasteiger partial charge on any atom is -0.496 e. The molecule has 5 heteroatoms. The average Bonchev–Trinajstić information content (AvgIpc) is 2.36. The van der Waals surface area contributed by atoms with Crippen LogP contribution in [0.2, 0.25) is 0 Å². The van der Waals surface area contributed by atoms with Gasteiger partial charge < -0.3 is 15.4 Å². The molecule has 4 nitrogen and oxygen atoms in total. The number of methoxy groups -OCH3 is 1. The van der Waals surface area contributed by atoms with Crippen LogP contribution in [0.3, 0.4) is 0 Å². The molecule has 0 atom stereocenters. The number of halogens is 1. The smallest absolute Gasteiger partial charge is 0.221 e. The highest BCUT2D eigenvalue weighted by Crippen LogP contribution is 2.23. The third-order valence-corrected chi connectivity index (χ3v) is 3.05. The Bertz CT molecular complexity index is 397. The molecule has 0 aliphatic carbocycles. The third kappa shape index (κ3) is 5.06. The van der Waals surface area contributed by atoms with Gasteiger partial charge in [-0.05, 0) is 37.2 Å².